The van der Waals surface area contributed by atoms with Crippen molar-refractivity contribution >= 4 is 17.8 Å². The first-order chi connectivity index (χ1) is 9.49. The molecule has 106 valence electrons. The predicted octanol–water partition coefficient (Wildman–Crippen LogP) is 0.722. The highest BCUT2D eigenvalue weighted by molar-refractivity contribution is 5.97. The van der Waals surface area contributed by atoms with E-state index in [4.69, 9.17) is 10.8 Å². The highest BCUT2D eigenvalue weighted by Gasteiger charge is 2.26. The van der Waals surface area contributed by atoms with Crippen LogP contribution >= 0.6 is 0 Å². The number of carbonyl (C=O) groups excluding carboxylic acids is 2. The molecule has 1 aromatic rings. The fraction of sp³-hybridized carbons (Fsp3) is 0.357. The number of benzene rings is 1. The van der Waals surface area contributed by atoms with Crippen LogP contribution < -0.4 is 5.73 Å². The molecule has 0 radical (unpaired) electrons. The Morgan fingerprint density at radius 1 is 1.15 bits per heavy atom. The van der Waals surface area contributed by atoms with Crippen LogP contribution in [0.3, 0.4) is 0 Å². The first kappa shape index (κ1) is 14.0. The van der Waals surface area contributed by atoms with Crippen molar-refractivity contribution in [3.05, 3.63) is 35.4 Å². The minimum atomic E-state index is -1.06. The van der Waals surface area contributed by atoms with Gasteiger partial charge in [0.05, 0.1) is 5.56 Å². The highest BCUT2D eigenvalue weighted by atomic mass is 16.4. The Kier molecular flexibility index (Phi) is 4.02. The zero-order valence-corrected chi connectivity index (χ0v) is 10.9. The average Bonchev–Trinajstić information content (AvgIpc) is 2.46. The van der Waals surface area contributed by atoms with Crippen LogP contribution in [0, 0.1) is 5.92 Å². The van der Waals surface area contributed by atoms with Gasteiger partial charge >= 0.3 is 5.97 Å². The number of aromatic carboxylic acids is 1. The molecule has 2 amide bonds. The molecule has 2 rings (SSSR count). The van der Waals surface area contributed by atoms with Gasteiger partial charge in [0, 0.05) is 24.6 Å². The summed E-state index contributed by atoms with van der Waals surface area (Å²) >= 11 is 0. The number of carbonyl (C=O) groups is 3. The first-order valence-electron chi connectivity index (χ1n) is 6.41. The van der Waals surface area contributed by atoms with Crippen LogP contribution in [-0.2, 0) is 4.79 Å². The van der Waals surface area contributed by atoms with Crippen LogP contribution in [-0.4, -0.2) is 40.9 Å². The zero-order chi connectivity index (χ0) is 14.7. The van der Waals surface area contributed by atoms with Gasteiger partial charge in [-0.05, 0) is 31.0 Å². The van der Waals surface area contributed by atoms with Crippen molar-refractivity contribution < 1.29 is 19.5 Å². The van der Waals surface area contributed by atoms with Crippen LogP contribution in [0.2, 0.25) is 0 Å². The predicted molar refractivity (Wildman–Crippen MR) is 71.2 cm³/mol. The topological polar surface area (TPSA) is 101 Å². The lowest BCUT2D eigenvalue weighted by atomic mass is 9.95. The number of piperidine rings is 1. The lowest BCUT2D eigenvalue weighted by molar-refractivity contribution is -0.123. The molecule has 1 heterocycles. The molecule has 0 saturated carbocycles. The van der Waals surface area contributed by atoms with E-state index in [0.717, 1.165) is 0 Å². The molecular formula is C14H16N2O4. The summed E-state index contributed by atoms with van der Waals surface area (Å²) in [4.78, 5) is 35.9. The Morgan fingerprint density at radius 3 is 2.30 bits per heavy atom. The summed E-state index contributed by atoms with van der Waals surface area (Å²) in [6, 6.07) is 5.95. The molecule has 1 aliphatic heterocycles. The lowest BCUT2D eigenvalue weighted by Crippen LogP contribution is -2.41. The van der Waals surface area contributed by atoms with Crippen molar-refractivity contribution in [2.45, 2.75) is 12.8 Å². The molecule has 1 saturated heterocycles. The monoisotopic (exact) mass is 276 g/mol. The van der Waals surface area contributed by atoms with Gasteiger partial charge in [-0.3, -0.25) is 9.59 Å². The largest absolute Gasteiger partial charge is 0.478 e. The van der Waals surface area contributed by atoms with Gasteiger partial charge in [0.2, 0.25) is 5.91 Å². The molecule has 0 aliphatic carbocycles. The summed E-state index contributed by atoms with van der Waals surface area (Å²) in [5, 5.41) is 8.92. The summed E-state index contributed by atoms with van der Waals surface area (Å²) in [5.41, 5.74) is 5.68. The van der Waals surface area contributed by atoms with Crippen LogP contribution in [0.4, 0.5) is 0 Å². The molecule has 1 aliphatic rings. The number of carboxylic acids is 1. The summed E-state index contributed by atoms with van der Waals surface area (Å²) in [6.07, 6.45) is 1.11. The number of hydrogen-bond acceptors (Lipinski definition) is 3. The maximum atomic E-state index is 12.3. The SMILES string of the molecule is NC(=O)C1CCN(C(=O)c2cccc(C(=O)O)c2)CC1. The number of nitrogens with zero attached hydrogens (tertiary/aromatic N) is 1. The number of likely N-dealkylation sites (tertiary alicyclic amines) is 1. The normalized spacial score (nSPS) is 15.9. The molecule has 0 unspecified atom stereocenters. The molecule has 0 atom stereocenters. The number of rotatable bonds is 3. The zero-order valence-electron chi connectivity index (χ0n) is 10.9. The molecule has 0 spiro atoms. The second kappa shape index (κ2) is 5.73. The van der Waals surface area contributed by atoms with Gasteiger partial charge in [-0.1, -0.05) is 6.07 Å². The molecule has 0 bridgehead atoms. The Hall–Kier alpha value is -2.37. The van der Waals surface area contributed by atoms with Gasteiger partial charge in [0.15, 0.2) is 0 Å². The number of hydrogen-bond donors (Lipinski definition) is 2. The van der Waals surface area contributed by atoms with Gasteiger partial charge in [0.25, 0.3) is 5.91 Å². The van der Waals surface area contributed by atoms with Gasteiger partial charge in [-0.15, -0.1) is 0 Å². The molecule has 3 N–H and O–H groups in total. The molecule has 0 aromatic heterocycles. The molecular weight excluding hydrogens is 260 g/mol. The molecule has 6 heteroatoms. The molecule has 1 aromatic carbocycles. The fourth-order valence-electron chi connectivity index (χ4n) is 2.33. The number of nitrogens with two attached hydrogens (primary N) is 1. The standard InChI is InChI=1S/C14H16N2O4/c15-12(17)9-4-6-16(7-5-9)13(18)10-2-1-3-11(8-10)14(19)20/h1-3,8-9H,4-7H2,(H2,15,17)(H,19,20). The van der Waals surface area contributed by atoms with E-state index in [2.05, 4.69) is 0 Å². The van der Waals surface area contributed by atoms with Gasteiger partial charge < -0.3 is 15.7 Å². The third-order valence-corrected chi connectivity index (χ3v) is 3.54. The van der Waals surface area contributed by atoms with Crippen molar-refractivity contribution in [1.82, 2.24) is 4.90 Å². The van der Waals surface area contributed by atoms with E-state index in [1.54, 1.807) is 17.0 Å². The molecule has 20 heavy (non-hydrogen) atoms. The van der Waals surface area contributed by atoms with Crippen molar-refractivity contribution in [2.75, 3.05) is 13.1 Å². The second-order valence-electron chi connectivity index (χ2n) is 4.85. The smallest absolute Gasteiger partial charge is 0.335 e. The quantitative estimate of drug-likeness (QED) is 0.849. The third-order valence-electron chi connectivity index (χ3n) is 3.54. The van der Waals surface area contributed by atoms with Crippen LogP contribution in [0.5, 0.6) is 0 Å². The minimum absolute atomic E-state index is 0.0860. The second-order valence-corrected chi connectivity index (χ2v) is 4.85. The Morgan fingerprint density at radius 2 is 1.75 bits per heavy atom. The number of carboxylic acid groups (broad SMARTS) is 1. The molecule has 1 fully saturated rings. The van der Waals surface area contributed by atoms with Crippen molar-refractivity contribution in [3.63, 3.8) is 0 Å². The molecule has 6 nitrogen and oxygen atoms in total. The first-order valence-corrected chi connectivity index (χ1v) is 6.41. The Balaban J connectivity index is 2.07. The summed E-state index contributed by atoms with van der Waals surface area (Å²) in [6.45, 7) is 0.924. The van der Waals surface area contributed by atoms with E-state index in [-0.39, 0.29) is 23.3 Å². The maximum absolute atomic E-state index is 12.3. The van der Waals surface area contributed by atoms with Crippen LogP contribution in [0.15, 0.2) is 24.3 Å². The maximum Gasteiger partial charge on any atom is 0.335 e. The minimum Gasteiger partial charge on any atom is -0.478 e. The number of primary amides is 1. The average molecular weight is 276 g/mol. The van der Waals surface area contributed by atoms with E-state index in [9.17, 15) is 14.4 Å². The Bertz CT molecular complexity index is 548. The van der Waals surface area contributed by atoms with Crippen molar-refractivity contribution in [1.29, 1.82) is 0 Å². The van der Waals surface area contributed by atoms with Crippen LogP contribution in [0.25, 0.3) is 0 Å². The van der Waals surface area contributed by atoms with Crippen molar-refractivity contribution in [2.24, 2.45) is 11.7 Å². The Labute approximate surface area is 116 Å². The van der Waals surface area contributed by atoms with E-state index in [1.807, 2.05) is 0 Å². The van der Waals surface area contributed by atoms with Crippen LogP contribution in [0.1, 0.15) is 33.6 Å². The fourth-order valence-corrected chi connectivity index (χ4v) is 2.33. The summed E-state index contributed by atoms with van der Waals surface area (Å²) < 4.78 is 0. The van der Waals surface area contributed by atoms with E-state index in [0.29, 0.717) is 31.5 Å². The van der Waals surface area contributed by atoms with Gasteiger partial charge in [-0.2, -0.15) is 0 Å². The van der Waals surface area contributed by atoms with E-state index >= 15 is 0 Å². The van der Waals surface area contributed by atoms with Crippen molar-refractivity contribution in [3.8, 4) is 0 Å². The van der Waals surface area contributed by atoms with E-state index < -0.39 is 5.97 Å². The van der Waals surface area contributed by atoms with E-state index in [1.165, 1.54) is 12.1 Å². The van der Waals surface area contributed by atoms with Gasteiger partial charge in [0.1, 0.15) is 0 Å². The third kappa shape index (κ3) is 2.96. The number of amides is 2. The highest BCUT2D eigenvalue weighted by Crippen LogP contribution is 2.19. The summed E-state index contributed by atoms with van der Waals surface area (Å²) in [7, 11) is 0. The van der Waals surface area contributed by atoms with Gasteiger partial charge in [-0.25, -0.2) is 4.79 Å². The lowest BCUT2D eigenvalue weighted by Gasteiger charge is -2.30. The summed E-state index contributed by atoms with van der Waals surface area (Å²) in [5.74, 6) is -1.78.